The minimum atomic E-state index is -2.30. The molecule has 147 heavy (non-hydrogen) atoms. The largest absolute Gasteiger partial charge is 0.470 e. The average molecular weight is 2110 g/mol. The van der Waals surface area contributed by atoms with Crippen molar-refractivity contribution in [2.75, 3.05) is 52.9 Å². The topological polar surface area (TPSA) is 743 Å². The van der Waals surface area contributed by atoms with Gasteiger partial charge < -0.3 is 218 Å². The Hall–Kier alpha value is -4.53. The molecule has 4 saturated carbocycles. The number of fused-ring (bicyclic) bond motifs is 7. The maximum absolute atomic E-state index is 17.0. The number of Topliss-reactive ketones (excluding diaryl/α,β-unsaturated/α-hetero) is 1. The Morgan fingerprint density at radius 2 is 1.01 bits per heavy atom. The lowest BCUT2D eigenvalue weighted by molar-refractivity contribution is -0.390. The molecule has 13 fully saturated rings. The SMILES string of the molecule is C=C[C@](C)(CC/C=C(\CO)C(=O)C1C[C@]2(C(=O)O[C@@H]3O[C@H](CO)[C@@H](O)[C@H](O)[C@H]3O[C@@H]3O[C@@H](C)[C@H](O[C@@H]4O[C@H](CO)[C@@H](O)[C@@H]4O)[C@@H](O[C@@H]4O[C@H](CO)[C@@H](O)[C@H](O)[C@H]4O)[C@H]3O)[C@H](O)C[C@]3(C)C(=CC[C@@H]4[C@@]5(C)CCC([C@@H]6O[C@H](CO[C@@H]7OC[C@@H](O)[C@@H](O)[C@@H]7O)[C@@H](O)[C@H](O)[C@H]6O[C@@H]6OC[C@@H](O)[C@H](O)[C@H]6O)C(C)(C)[C@@H]5CC[C@]43C)[C@@H]2CC1(C)C)O[C@@H]1O[C@H](C)[C@@H](OC(=O)/C(C)=C\CC[C@@H](C)/C=C/O[C@@H]2OC[C@@H](O)[C@H](O)[C@H]2O)[C@H](O)[C@H]1O. The minimum absolute atomic E-state index is 0.0436. The van der Waals surface area contributed by atoms with Crippen LogP contribution in [0.15, 0.2) is 59.9 Å². The smallest absolute Gasteiger partial charge is 0.333 e. The summed E-state index contributed by atoms with van der Waals surface area (Å²) in [6.07, 6.45) is -61.2. The van der Waals surface area contributed by atoms with Crippen LogP contribution in [0.5, 0.6) is 0 Å². The van der Waals surface area contributed by atoms with Crippen LogP contribution >= 0.6 is 0 Å². The van der Waals surface area contributed by atoms with E-state index in [0.29, 0.717) is 50.5 Å². The number of hydrogen-bond donors (Lipinski definition) is 26. The van der Waals surface area contributed by atoms with E-state index in [2.05, 4.69) is 40.3 Å². The van der Waals surface area contributed by atoms with Gasteiger partial charge in [0.05, 0.1) is 89.1 Å². The molecule has 9 aliphatic heterocycles. The van der Waals surface area contributed by atoms with Crippen molar-refractivity contribution in [3.63, 3.8) is 0 Å². The highest BCUT2D eigenvalue weighted by molar-refractivity contribution is 5.98. The number of allylic oxidation sites excluding steroid dienone is 5. The van der Waals surface area contributed by atoms with E-state index in [1.54, 1.807) is 19.1 Å². The fourth-order valence-electron chi connectivity index (χ4n) is 26.0. The van der Waals surface area contributed by atoms with Gasteiger partial charge in [-0.25, -0.2) is 4.79 Å². The number of ether oxygens (including phenoxy) is 18. The maximum Gasteiger partial charge on any atom is 0.333 e. The summed E-state index contributed by atoms with van der Waals surface area (Å²) in [6, 6.07) is 0. The molecule has 0 radical (unpaired) electrons. The number of aliphatic hydroxyl groups is 26. The molecule has 2 unspecified atom stereocenters. The average Bonchev–Trinajstić information content (AvgIpc) is 0.772. The molecule has 0 aromatic carbocycles. The van der Waals surface area contributed by atoms with Crippen molar-refractivity contribution in [1.29, 1.82) is 0 Å². The first-order valence-electron chi connectivity index (χ1n) is 51.2. The molecule has 14 rings (SSSR count). The van der Waals surface area contributed by atoms with Crippen LogP contribution in [0.2, 0.25) is 0 Å². The van der Waals surface area contributed by atoms with Gasteiger partial charge in [-0.05, 0) is 167 Å². The molecular formula is C100H158O47. The third kappa shape index (κ3) is 22.8. The molecule has 0 aromatic rings. The Kier molecular flexibility index (Phi) is 37.8. The Balaban J connectivity index is 0.748. The number of aliphatic hydroxyl groups excluding tert-OH is 26. The van der Waals surface area contributed by atoms with E-state index in [4.69, 9.17) is 85.3 Å². The van der Waals surface area contributed by atoms with Crippen LogP contribution in [0.1, 0.15) is 160 Å². The molecule has 26 N–H and O–H groups in total. The van der Waals surface area contributed by atoms with Crippen LogP contribution in [0, 0.1) is 68.0 Å². The maximum atomic E-state index is 17.0. The molecule has 47 nitrogen and oxygen atoms in total. The zero-order valence-electron chi connectivity index (χ0n) is 84.7. The van der Waals surface area contributed by atoms with Gasteiger partial charge in [0.2, 0.25) is 12.6 Å². The number of carbonyl (C=O) groups is 3. The lowest BCUT2D eigenvalue weighted by atomic mass is 9.32. The molecule has 0 amide bonds. The molecule has 0 spiro atoms. The van der Waals surface area contributed by atoms with Crippen molar-refractivity contribution in [2.24, 2.45) is 68.0 Å². The molecule has 5 aliphatic carbocycles. The number of ketones is 1. The van der Waals surface area contributed by atoms with Crippen LogP contribution in [-0.2, 0) is 99.6 Å². The standard InChI is InChI=1S/C100H158O47/c1-14-96(10,147-91-76(126)70(120)78(42(4)136-91)141-84(128)41(3)18-15-17-40(2)24-28-130-85-71(121)60(110)49(105)36-131-85)25-16-19-44(32-101)59(109)48-30-100(93(129)146-92-83(69(119)64(114)53(34-103)140-92)145-90-77(127)82(144-89-75(125)67(117)63(113)52(33-102)138-89)79(43(5)135-90)142-88-74(124)65(115)54(35-104)139-88)47(29-94(48,6)7)45-20-21-57-97(11)26-22-46(95(8,9)56(97)23-27-98(57,12)99(45,13)31-58(100)108)80-81(143-87-73(123)62(112)51(107)38-133-87)68(118)66(116)55(137-80)39-134-86-72(122)61(111)50(106)37-132-86/h14,18-20,24,28,40,42-43,46-58,60-83,85-92,101-108,110-127H,1,15-17,21-23,25-27,29-39H2,2-13H3/b28-24+,41-18-,44-19+/t40-,42-,43+,46?,47+,48?,49-,50-,51-,52-,53-,54-,55-,56+,57-,58-,60+,61-,62+,63-,64-,65-,66-,67+,68+,69+,70-,71-,72+,73-,74+,75-,76-,77-,78-,79+,80+,81-,82+,83-,85-,86+,87+,88+,89+,90+,91+,92+,96-,97+,98-,99-,100-/m1/s1. The molecule has 53 atom stereocenters. The van der Waals surface area contributed by atoms with Gasteiger partial charge in [0.15, 0.2) is 55.7 Å². The zero-order chi connectivity index (χ0) is 108. The lowest BCUT2D eigenvalue weighted by Gasteiger charge is -2.72. The van der Waals surface area contributed by atoms with Crippen LogP contribution in [-0.4, -0.2) is 467 Å². The summed E-state index contributed by atoms with van der Waals surface area (Å²) in [5, 5.41) is 291. The van der Waals surface area contributed by atoms with Gasteiger partial charge in [-0.1, -0.05) is 85.3 Å². The normalized spacial score (nSPS) is 49.3. The van der Waals surface area contributed by atoms with E-state index in [0.717, 1.165) is 0 Å². The van der Waals surface area contributed by atoms with E-state index in [1.165, 1.54) is 39.2 Å². The fraction of sp³-hybridized carbons (Fsp3) is 0.870. The number of rotatable bonds is 34. The van der Waals surface area contributed by atoms with Crippen molar-refractivity contribution in [1.82, 2.24) is 0 Å². The monoisotopic (exact) mass is 2110 g/mol. The van der Waals surface area contributed by atoms with Crippen LogP contribution in [0.4, 0.5) is 0 Å². The van der Waals surface area contributed by atoms with E-state index in [1.807, 2.05) is 27.7 Å². The summed E-state index contributed by atoms with van der Waals surface area (Å²) >= 11 is 0. The van der Waals surface area contributed by atoms with E-state index >= 15 is 9.59 Å². The Labute approximate surface area is 851 Å². The van der Waals surface area contributed by atoms with E-state index in [-0.39, 0.29) is 61.2 Å². The summed E-state index contributed by atoms with van der Waals surface area (Å²) in [4.78, 5) is 46.7. The Morgan fingerprint density at radius 1 is 0.503 bits per heavy atom. The molecule has 9 saturated heterocycles. The van der Waals surface area contributed by atoms with Crippen LogP contribution < -0.4 is 0 Å². The van der Waals surface area contributed by atoms with Crippen molar-refractivity contribution < 1.29 is 232 Å². The molecule has 840 valence electrons. The number of hydrogen-bond acceptors (Lipinski definition) is 47. The van der Waals surface area contributed by atoms with Crippen LogP contribution in [0.3, 0.4) is 0 Å². The molecule has 0 aromatic heterocycles. The van der Waals surface area contributed by atoms with E-state index in [9.17, 15) is 138 Å². The van der Waals surface area contributed by atoms with Gasteiger partial charge in [-0.2, -0.15) is 0 Å². The number of carbonyl (C=O) groups excluding carboxylic acids is 3. The van der Waals surface area contributed by atoms with Crippen molar-refractivity contribution >= 4 is 17.7 Å². The zero-order valence-corrected chi connectivity index (χ0v) is 84.7. The van der Waals surface area contributed by atoms with Gasteiger partial charge in [0, 0.05) is 17.1 Å². The minimum Gasteiger partial charge on any atom is -0.470 e. The highest BCUT2D eigenvalue weighted by Crippen LogP contribution is 2.77. The molecule has 14 aliphatic rings. The third-order valence-electron chi connectivity index (χ3n) is 35.3. The summed E-state index contributed by atoms with van der Waals surface area (Å²) in [6.45, 7) is 20.5. The second kappa shape index (κ2) is 47.1. The van der Waals surface area contributed by atoms with Gasteiger partial charge in [0.25, 0.3) is 0 Å². The Bertz CT molecular complexity index is 4520. The third-order valence-corrected chi connectivity index (χ3v) is 35.3. The highest BCUT2D eigenvalue weighted by atomic mass is 16.8. The lowest BCUT2D eigenvalue weighted by Crippen LogP contribution is -2.70. The quantitative estimate of drug-likeness (QED) is 0.0123. The summed E-state index contributed by atoms with van der Waals surface area (Å²) in [5.41, 5.74) is -7.52. The van der Waals surface area contributed by atoms with Gasteiger partial charge in [0.1, 0.15) is 176 Å². The first kappa shape index (κ1) is 118. The number of esters is 2. The second-order valence-corrected chi connectivity index (χ2v) is 45.2. The van der Waals surface area contributed by atoms with Crippen molar-refractivity contribution in [2.45, 2.75) is 424 Å². The predicted octanol–water partition coefficient (Wildman–Crippen LogP) is -6.21. The first-order valence-corrected chi connectivity index (χ1v) is 51.2. The van der Waals surface area contributed by atoms with Crippen molar-refractivity contribution in [3.05, 3.63) is 59.9 Å². The summed E-state index contributed by atoms with van der Waals surface area (Å²) in [5.74, 6) is -6.36. The second-order valence-electron chi connectivity index (χ2n) is 45.2. The van der Waals surface area contributed by atoms with Crippen LogP contribution in [0.25, 0.3) is 0 Å². The molecule has 9 heterocycles. The van der Waals surface area contributed by atoms with Gasteiger partial charge >= 0.3 is 11.9 Å². The molecule has 0 bridgehead atoms. The molecule has 47 heteroatoms. The van der Waals surface area contributed by atoms with Gasteiger partial charge in [-0.15, -0.1) is 6.58 Å². The van der Waals surface area contributed by atoms with Crippen molar-refractivity contribution in [3.8, 4) is 0 Å². The fourth-order valence-corrected chi connectivity index (χ4v) is 26.0. The van der Waals surface area contributed by atoms with E-state index < -0.39 is 384 Å². The predicted molar refractivity (Wildman–Crippen MR) is 496 cm³/mol. The Morgan fingerprint density at radius 3 is 1.62 bits per heavy atom. The highest BCUT2D eigenvalue weighted by Gasteiger charge is 2.75. The summed E-state index contributed by atoms with van der Waals surface area (Å²) < 4.78 is 109. The molecular weight excluding hydrogens is 1950 g/mol. The van der Waals surface area contributed by atoms with Gasteiger partial charge in [-0.3, -0.25) is 9.59 Å². The summed E-state index contributed by atoms with van der Waals surface area (Å²) in [7, 11) is 0. The first-order chi connectivity index (χ1) is 69.1.